The van der Waals surface area contributed by atoms with Crippen LogP contribution in [0.5, 0.6) is 0 Å². The number of rotatable bonds is 11. The summed E-state index contributed by atoms with van der Waals surface area (Å²) in [6.45, 7) is 0.440. The van der Waals surface area contributed by atoms with Crippen molar-refractivity contribution >= 4 is 50.0 Å². The number of benzene rings is 2. The van der Waals surface area contributed by atoms with E-state index in [0.717, 1.165) is 34.8 Å². The second kappa shape index (κ2) is 10.9. The molecule has 0 spiro atoms. The van der Waals surface area contributed by atoms with Crippen LogP contribution < -0.4 is 25.6 Å². The molecule has 12 heteroatoms. The lowest BCUT2D eigenvalue weighted by atomic mass is 10.0. The highest BCUT2D eigenvalue weighted by Crippen LogP contribution is 2.28. The Kier molecular flexibility index (Phi) is 7.76. The molecule has 0 aliphatic heterocycles. The fourth-order valence-corrected chi connectivity index (χ4v) is 5.79. The van der Waals surface area contributed by atoms with E-state index < -0.39 is 21.8 Å². The minimum atomic E-state index is -3.91. The smallest absolute Gasteiger partial charge is 0.299 e. The average Bonchev–Trinajstić information content (AvgIpc) is 3.78. The van der Waals surface area contributed by atoms with E-state index in [0.29, 0.717) is 24.0 Å². The zero-order chi connectivity index (χ0) is 27.0. The summed E-state index contributed by atoms with van der Waals surface area (Å²) in [5.74, 6) is -0.733. The van der Waals surface area contributed by atoms with E-state index in [2.05, 4.69) is 20.1 Å². The summed E-state index contributed by atoms with van der Waals surface area (Å²) >= 11 is 2.03. The number of hydrogen-bond donors (Lipinski definition) is 4. The number of hydrogen-bond acceptors (Lipinski definition) is 5. The number of nitrogens with one attached hydrogen (secondary N) is 4. The van der Waals surface area contributed by atoms with Crippen molar-refractivity contribution in [3.05, 3.63) is 84.7 Å². The summed E-state index contributed by atoms with van der Waals surface area (Å²) in [7, 11) is -2.32. The molecule has 2 fully saturated rings. The summed E-state index contributed by atoms with van der Waals surface area (Å²) in [4.78, 5) is 13.3. The highest BCUT2D eigenvalue weighted by Gasteiger charge is 2.28. The van der Waals surface area contributed by atoms with Gasteiger partial charge in [0.25, 0.3) is 15.8 Å². The van der Waals surface area contributed by atoms with Gasteiger partial charge >= 0.3 is 0 Å². The highest BCUT2D eigenvalue weighted by molar-refractivity contribution is 14.1. The van der Waals surface area contributed by atoms with Gasteiger partial charge in [0.2, 0.25) is 0 Å². The lowest BCUT2D eigenvalue weighted by Crippen LogP contribution is -2.32. The SMILES string of the molecule is Cn1c(Nc2ccc(I)cc2F)c(CNC2CC2)cc(Cc2cccc(NS(=O)(=O)NC3CC3)c2F)c1=O. The van der Waals surface area contributed by atoms with E-state index in [9.17, 15) is 17.6 Å². The number of aromatic nitrogens is 1. The molecule has 38 heavy (non-hydrogen) atoms. The van der Waals surface area contributed by atoms with E-state index >= 15 is 4.39 Å². The molecule has 2 aliphatic rings. The van der Waals surface area contributed by atoms with Gasteiger partial charge in [0, 0.05) is 46.8 Å². The summed E-state index contributed by atoms with van der Waals surface area (Å²) in [5.41, 5.74) is 0.942. The van der Waals surface area contributed by atoms with Gasteiger partial charge in [-0.1, -0.05) is 12.1 Å². The first-order chi connectivity index (χ1) is 18.1. The lowest BCUT2D eigenvalue weighted by molar-refractivity contribution is 0.584. The molecule has 0 radical (unpaired) electrons. The fourth-order valence-electron chi connectivity index (χ4n) is 4.15. The monoisotopic (exact) mass is 655 g/mol. The Bertz CT molecular complexity index is 1540. The predicted molar refractivity (Wildman–Crippen MR) is 152 cm³/mol. The summed E-state index contributed by atoms with van der Waals surface area (Å²) in [5, 5.41) is 6.49. The van der Waals surface area contributed by atoms with Crippen molar-refractivity contribution < 1.29 is 17.2 Å². The Morgan fingerprint density at radius 1 is 0.974 bits per heavy atom. The molecule has 2 aromatic carbocycles. The normalized spacial score (nSPS) is 15.5. The Morgan fingerprint density at radius 2 is 1.71 bits per heavy atom. The van der Waals surface area contributed by atoms with Crippen LogP contribution in [0.15, 0.2) is 47.3 Å². The summed E-state index contributed by atoms with van der Waals surface area (Å²) in [6, 6.07) is 11.2. The van der Waals surface area contributed by atoms with Gasteiger partial charge in [-0.25, -0.2) is 8.78 Å². The predicted octanol–water partition coefficient (Wildman–Crippen LogP) is 4.26. The van der Waals surface area contributed by atoms with Gasteiger partial charge in [0.1, 0.15) is 11.6 Å². The van der Waals surface area contributed by atoms with Crippen molar-refractivity contribution in [1.29, 1.82) is 0 Å². The second-order valence-corrected chi connectivity index (χ2v) is 12.5. The maximum atomic E-state index is 15.3. The molecule has 0 unspecified atom stereocenters. The largest absolute Gasteiger partial charge is 0.339 e. The van der Waals surface area contributed by atoms with E-state index in [4.69, 9.17) is 0 Å². The molecule has 2 aliphatic carbocycles. The molecule has 8 nitrogen and oxygen atoms in total. The zero-order valence-electron chi connectivity index (χ0n) is 20.7. The van der Waals surface area contributed by atoms with Crippen molar-refractivity contribution in [2.45, 2.75) is 50.7 Å². The van der Waals surface area contributed by atoms with Crippen molar-refractivity contribution in [2.24, 2.45) is 7.05 Å². The van der Waals surface area contributed by atoms with Crippen LogP contribution in [0.3, 0.4) is 0 Å². The van der Waals surface area contributed by atoms with Crippen LogP contribution in [0, 0.1) is 15.2 Å². The lowest BCUT2D eigenvalue weighted by Gasteiger charge is -2.19. The van der Waals surface area contributed by atoms with Crippen LogP contribution in [-0.2, 0) is 30.2 Å². The third kappa shape index (κ3) is 6.53. The molecule has 202 valence electrons. The number of anilines is 3. The first-order valence-electron chi connectivity index (χ1n) is 12.3. The van der Waals surface area contributed by atoms with Crippen molar-refractivity contribution in [2.75, 3.05) is 10.0 Å². The number of nitrogens with zero attached hydrogens (tertiary/aromatic N) is 1. The molecular weight excluding hydrogens is 627 g/mol. The Hall–Kier alpha value is -2.55. The van der Waals surface area contributed by atoms with Crippen LogP contribution in [0.1, 0.15) is 42.4 Å². The molecule has 0 amide bonds. The van der Waals surface area contributed by atoms with Gasteiger partial charge in [-0.15, -0.1) is 0 Å². The van der Waals surface area contributed by atoms with Gasteiger partial charge in [-0.3, -0.25) is 14.1 Å². The molecule has 3 aromatic rings. The van der Waals surface area contributed by atoms with Crippen LogP contribution in [-0.4, -0.2) is 25.1 Å². The summed E-state index contributed by atoms with van der Waals surface area (Å²) in [6.07, 6.45) is 3.60. The van der Waals surface area contributed by atoms with Gasteiger partial charge in [-0.2, -0.15) is 13.1 Å². The van der Waals surface area contributed by atoms with Crippen LogP contribution in [0.25, 0.3) is 0 Å². The maximum Gasteiger partial charge on any atom is 0.299 e. The quantitative estimate of drug-likeness (QED) is 0.231. The third-order valence-corrected chi connectivity index (χ3v) is 8.32. The fraction of sp³-hybridized carbons (Fsp3) is 0.346. The number of pyridine rings is 1. The highest BCUT2D eigenvalue weighted by atomic mass is 127. The molecule has 0 atom stereocenters. The summed E-state index contributed by atoms with van der Waals surface area (Å²) < 4.78 is 61.4. The van der Waals surface area contributed by atoms with Crippen molar-refractivity contribution in [3.63, 3.8) is 0 Å². The van der Waals surface area contributed by atoms with E-state index in [1.165, 1.54) is 22.8 Å². The molecule has 0 bridgehead atoms. The third-order valence-electron chi connectivity index (χ3n) is 6.51. The topological polar surface area (TPSA) is 104 Å². The van der Waals surface area contributed by atoms with Crippen LogP contribution in [0.2, 0.25) is 0 Å². The van der Waals surface area contributed by atoms with E-state index in [-0.39, 0.29) is 35.0 Å². The standard InChI is InChI=1S/C26H28F2IN5O3S/c1-34-25(31-22-10-5-18(29)13-21(22)27)17(14-30-19-6-7-19)12-16(26(34)35)11-15-3-2-4-23(24(15)28)33-38(36,37)32-20-8-9-20/h2-5,10,12-13,19-20,30-33H,6-9,11,14H2,1H3. The van der Waals surface area contributed by atoms with Gasteiger partial charge < -0.3 is 10.6 Å². The Balaban J connectivity index is 1.45. The van der Waals surface area contributed by atoms with Gasteiger partial charge in [0.15, 0.2) is 5.82 Å². The molecular formula is C26H28F2IN5O3S. The second-order valence-electron chi connectivity index (χ2n) is 9.77. The number of halogens is 3. The first kappa shape index (κ1) is 27.0. The molecule has 4 N–H and O–H groups in total. The zero-order valence-corrected chi connectivity index (χ0v) is 23.6. The van der Waals surface area contributed by atoms with Crippen LogP contribution in [0.4, 0.5) is 26.0 Å². The minimum Gasteiger partial charge on any atom is -0.339 e. The molecule has 0 saturated heterocycles. The minimum absolute atomic E-state index is 0.0429. The van der Waals surface area contributed by atoms with E-state index in [1.807, 2.05) is 22.6 Å². The van der Waals surface area contributed by atoms with Crippen LogP contribution >= 0.6 is 22.6 Å². The first-order valence-corrected chi connectivity index (χ1v) is 14.9. The Labute approximate surface area is 233 Å². The van der Waals surface area contributed by atoms with Crippen molar-refractivity contribution in [1.82, 2.24) is 14.6 Å². The van der Waals surface area contributed by atoms with E-state index in [1.54, 1.807) is 31.3 Å². The van der Waals surface area contributed by atoms with Crippen molar-refractivity contribution in [3.8, 4) is 0 Å². The molecule has 2 saturated carbocycles. The van der Waals surface area contributed by atoms with Gasteiger partial charge in [-0.05, 0) is 84.2 Å². The molecule has 1 aromatic heterocycles. The molecule has 1 heterocycles. The molecule has 5 rings (SSSR count). The Morgan fingerprint density at radius 3 is 2.39 bits per heavy atom. The average molecular weight is 656 g/mol. The van der Waals surface area contributed by atoms with Gasteiger partial charge in [0.05, 0.1) is 11.4 Å². The maximum absolute atomic E-state index is 15.3.